The van der Waals surface area contributed by atoms with Gasteiger partial charge >= 0.3 is 0 Å². The van der Waals surface area contributed by atoms with Crippen LogP contribution in [0.3, 0.4) is 0 Å². The van der Waals surface area contributed by atoms with Gasteiger partial charge in [-0.25, -0.2) is 8.78 Å². The van der Waals surface area contributed by atoms with E-state index < -0.39 is 5.67 Å². The van der Waals surface area contributed by atoms with Crippen molar-refractivity contribution >= 4 is 11.6 Å². The van der Waals surface area contributed by atoms with Crippen LogP contribution in [0.4, 0.5) is 8.78 Å². The number of piperidine rings is 1. The van der Waals surface area contributed by atoms with Gasteiger partial charge in [-0.15, -0.1) is 0 Å². The Kier molecular flexibility index (Phi) is 4.80. The van der Waals surface area contributed by atoms with E-state index in [1.807, 2.05) is 0 Å². The van der Waals surface area contributed by atoms with Gasteiger partial charge in [0.05, 0.1) is 0 Å². The van der Waals surface area contributed by atoms with E-state index in [4.69, 9.17) is 11.6 Å². The SMILES string of the molecule is CC(F)(Cc1cc(F)ccc1Cl)CC1CCCCN1. The predicted molar refractivity (Wildman–Crippen MR) is 74.9 cm³/mol. The van der Waals surface area contributed by atoms with Crippen LogP contribution in [0.1, 0.15) is 38.2 Å². The van der Waals surface area contributed by atoms with E-state index in [-0.39, 0.29) is 18.3 Å². The first-order valence-corrected chi connectivity index (χ1v) is 7.20. The van der Waals surface area contributed by atoms with E-state index in [1.165, 1.54) is 18.2 Å². The zero-order valence-corrected chi connectivity index (χ0v) is 11.9. The fourth-order valence-corrected chi connectivity index (χ4v) is 2.94. The topological polar surface area (TPSA) is 12.0 Å². The highest BCUT2D eigenvalue weighted by Crippen LogP contribution is 2.29. The molecular formula is C15H20ClF2N. The van der Waals surface area contributed by atoms with Crippen molar-refractivity contribution in [3.05, 3.63) is 34.6 Å². The van der Waals surface area contributed by atoms with Crippen molar-refractivity contribution in [3.63, 3.8) is 0 Å². The Labute approximate surface area is 118 Å². The van der Waals surface area contributed by atoms with Crippen LogP contribution >= 0.6 is 11.6 Å². The number of halogens is 3. The van der Waals surface area contributed by atoms with Gasteiger partial charge in [-0.3, -0.25) is 0 Å². The van der Waals surface area contributed by atoms with Crippen LogP contribution in [0, 0.1) is 5.82 Å². The Hall–Kier alpha value is -0.670. The van der Waals surface area contributed by atoms with Crippen molar-refractivity contribution in [1.82, 2.24) is 5.32 Å². The number of alkyl halides is 1. The summed E-state index contributed by atoms with van der Waals surface area (Å²) in [6.45, 7) is 2.53. The number of hydrogen-bond acceptors (Lipinski definition) is 1. The molecule has 0 amide bonds. The molecule has 1 heterocycles. The van der Waals surface area contributed by atoms with Crippen molar-refractivity contribution in [2.24, 2.45) is 0 Å². The fourth-order valence-electron chi connectivity index (χ4n) is 2.76. The summed E-state index contributed by atoms with van der Waals surface area (Å²) in [5.74, 6) is -0.369. The van der Waals surface area contributed by atoms with E-state index >= 15 is 0 Å². The summed E-state index contributed by atoms with van der Waals surface area (Å²) < 4.78 is 27.8. The summed E-state index contributed by atoms with van der Waals surface area (Å²) >= 11 is 6.00. The van der Waals surface area contributed by atoms with E-state index in [1.54, 1.807) is 6.92 Å². The van der Waals surface area contributed by atoms with E-state index in [0.717, 1.165) is 25.8 Å². The van der Waals surface area contributed by atoms with Gasteiger partial charge in [-0.05, 0) is 56.5 Å². The molecule has 0 saturated carbocycles. The Bertz CT molecular complexity index is 428. The van der Waals surface area contributed by atoms with Crippen LogP contribution < -0.4 is 5.32 Å². The van der Waals surface area contributed by atoms with Gasteiger partial charge in [0, 0.05) is 17.5 Å². The monoisotopic (exact) mass is 287 g/mol. The lowest BCUT2D eigenvalue weighted by atomic mass is 9.88. The maximum Gasteiger partial charge on any atom is 0.123 e. The molecule has 1 aliphatic rings. The highest BCUT2D eigenvalue weighted by Gasteiger charge is 2.29. The summed E-state index contributed by atoms with van der Waals surface area (Å²) in [6, 6.07) is 4.33. The Balaban J connectivity index is 2.00. The molecular weight excluding hydrogens is 268 g/mol. The zero-order chi connectivity index (χ0) is 13.9. The molecule has 4 heteroatoms. The lowest BCUT2D eigenvalue weighted by Gasteiger charge is -2.30. The van der Waals surface area contributed by atoms with Crippen molar-refractivity contribution in [1.29, 1.82) is 0 Å². The van der Waals surface area contributed by atoms with Crippen LogP contribution in [0.2, 0.25) is 5.02 Å². The van der Waals surface area contributed by atoms with Crippen LogP contribution in [0.25, 0.3) is 0 Å². The van der Waals surface area contributed by atoms with Gasteiger partial charge in [0.25, 0.3) is 0 Å². The summed E-state index contributed by atoms with van der Waals surface area (Å²) in [5, 5.41) is 3.77. The molecule has 1 aromatic carbocycles. The summed E-state index contributed by atoms with van der Waals surface area (Å²) in [7, 11) is 0. The second kappa shape index (κ2) is 6.19. The van der Waals surface area contributed by atoms with Gasteiger partial charge in [0.2, 0.25) is 0 Å². The maximum absolute atomic E-state index is 14.7. The molecule has 0 radical (unpaired) electrons. The predicted octanol–water partition coefficient (Wildman–Crippen LogP) is 4.28. The summed E-state index contributed by atoms with van der Waals surface area (Å²) in [4.78, 5) is 0. The average molecular weight is 288 g/mol. The molecule has 1 nitrogen and oxygen atoms in total. The maximum atomic E-state index is 14.7. The van der Waals surface area contributed by atoms with Crippen molar-refractivity contribution in [3.8, 4) is 0 Å². The second-order valence-corrected chi connectivity index (χ2v) is 6.08. The minimum atomic E-state index is -1.37. The number of rotatable bonds is 4. The lowest BCUT2D eigenvalue weighted by Crippen LogP contribution is -2.40. The van der Waals surface area contributed by atoms with Crippen LogP contribution in [-0.4, -0.2) is 18.3 Å². The molecule has 2 unspecified atom stereocenters. The third-order valence-corrected chi connectivity index (χ3v) is 4.02. The normalized spacial score (nSPS) is 23.1. The third kappa shape index (κ3) is 4.43. The molecule has 0 aliphatic carbocycles. The minimum Gasteiger partial charge on any atom is -0.314 e. The smallest absolute Gasteiger partial charge is 0.123 e. The van der Waals surface area contributed by atoms with Crippen LogP contribution in [0.15, 0.2) is 18.2 Å². The minimum absolute atomic E-state index is 0.155. The Morgan fingerprint density at radius 1 is 1.42 bits per heavy atom. The fraction of sp³-hybridized carbons (Fsp3) is 0.600. The quantitative estimate of drug-likeness (QED) is 0.871. The molecule has 19 heavy (non-hydrogen) atoms. The summed E-state index contributed by atoms with van der Waals surface area (Å²) in [6.07, 6.45) is 3.92. The molecule has 1 aromatic rings. The second-order valence-electron chi connectivity index (χ2n) is 5.68. The molecule has 1 N–H and O–H groups in total. The highest BCUT2D eigenvalue weighted by molar-refractivity contribution is 6.31. The molecule has 2 atom stereocenters. The van der Waals surface area contributed by atoms with Crippen molar-refractivity contribution in [2.45, 2.75) is 50.7 Å². The van der Waals surface area contributed by atoms with Gasteiger partial charge in [0.15, 0.2) is 0 Å². The Morgan fingerprint density at radius 2 is 2.21 bits per heavy atom. The van der Waals surface area contributed by atoms with Crippen molar-refractivity contribution < 1.29 is 8.78 Å². The first-order chi connectivity index (χ1) is 8.96. The molecule has 106 valence electrons. The molecule has 2 rings (SSSR count). The molecule has 0 bridgehead atoms. The molecule has 1 saturated heterocycles. The third-order valence-electron chi connectivity index (χ3n) is 3.65. The van der Waals surface area contributed by atoms with Gasteiger partial charge in [0.1, 0.15) is 11.5 Å². The lowest BCUT2D eigenvalue weighted by molar-refractivity contribution is 0.146. The first kappa shape index (κ1) is 14.7. The van der Waals surface area contributed by atoms with Gasteiger partial charge in [-0.2, -0.15) is 0 Å². The average Bonchev–Trinajstić information content (AvgIpc) is 2.34. The molecule has 1 fully saturated rings. The highest BCUT2D eigenvalue weighted by atomic mass is 35.5. The van der Waals surface area contributed by atoms with E-state index in [0.29, 0.717) is 17.0 Å². The summed E-state index contributed by atoms with van der Waals surface area (Å²) in [5.41, 5.74) is -0.825. The standard InChI is InChI=1S/C15H20ClF2N/c1-15(18,10-13-4-2-3-7-19-13)9-11-8-12(17)5-6-14(11)16/h5-6,8,13,19H,2-4,7,9-10H2,1H3. The van der Waals surface area contributed by atoms with Crippen LogP contribution in [0.5, 0.6) is 0 Å². The number of nitrogens with one attached hydrogen (secondary N) is 1. The Morgan fingerprint density at radius 3 is 2.89 bits per heavy atom. The van der Waals surface area contributed by atoms with Crippen molar-refractivity contribution in [2.75, 3.05) is 6.54 Å². The van der Waals surface area contributed by atoms with Crippen LogP contribution in [-0.2, 0) is 6.42 Å². The zero-order valence-electron chi connectivity index (χ0n) is 11.2. The number of benzene rings is 1. The largest absolute Gasteiger partial charge is 0.314 e. The van der Waals surface area contributed by atoms with E-state index in [9.17, 15) is 8.78 Å². The van der Waals surface area contributed by atoms with Gasteiger partial charge < -0.3 is 5.32 Å². The first-order valence-electron chi connectivity index (χ1n) is 6.82. The molecule has 0 aromatic heterocycles. The van der Waals surface area contributed by atoms with Gasteiger partial charge in [-0.1, -0.05) is 18.0 Å². The molecule has 0 spiro atoms. The molecule has 1 aliphatic heterocycles. The van der Waals surface area contributed by atoms with E-state index in [2.05, 4.69) is 5.32 Å². The number of hydrogen-bond donors (Lipinski definition) is 1.